The van der Waals surface area contributed by atoms with Crippen molar-refractivity contribution in [3.05, 3.63) is 58.0 Å². The molecule has 2 aromatic rings. The van der Waals surface area contributed by atoms with Crippen LogP contribution in [0.4, 0.5) is 5.69 Å². The number of halogens is 2. The summed E-state index contributed by atoms with van der Waals surface area (Å²) in [6.07, 6.45) is 0. The maximum absolute atomic E-state index is 12.0. The Kier molecular flexibility index (Phi) is 5.57. The smallest absolute Gasteiger partial charge is 0.241 e. The van der Waals surface area contributed by atoms with E-state index >= 15 is 0 Å². The summed E-state index contributed by atoms with van der Waals surface area (Å²) in [6.45, 7) is -0.360. The van der Waals surface area contributed by atoms with E-state index in [1.807, 2.05) is 0 Å². The van der Waals surface area contributed by atoms with Crippen molar-refractivity contribution < 1.29 is 13.2 Å². The van der Waals surface area contributed by atoms with Gasteiger partial charge in [-0.15, -0.1) is 0 Å². The molecular weight excluding hydrogens is 392 g/mol. The first-order valence-electron chi connectivity index (χ1n) is 6.17. The normalized spacial score (nSPS) is 11.2. The predicted octanol–water partition coefficient (Wildman–Crippen LogP) is 3.02. The summed E-state index contributed by atoms with van der Waals surface area (Å²) in [5, 5.41) is 3.12. The molecule has 2 N–H and O–H groups in total. The highest BCUT2D eigenvalue weighted by atomic mass is 79.9. The Labute approximate surface area is 141 Å². The molecule has 0 radical (unpaired) electrons. The molecule has 0 aromatic heterocycles. The summed E-state index contributed by atoms with van der Waals surface area (Å²) >= 11 is 8.97. The summed E-state index contributed by atoms with van der Waals surface area (Å²) in [5.74, 6) is -0.469. The average molecular weight is 404 g/mol. The average Bonchev–Trinajstić information content (AvgIpc) is 2.48. The van der Waals surface area contributed by atoms with Crippen molar-refractivity contribution in [2.24, 2.45) is 0 Å². The van der Waals surface area contributed by atoms with Crippen LogP contribution in [-0.4, -0.2) is 20.9 Å². The van der Waals surface area contributed by atoms with E-state index in [1.54, 1.807) is 36.4 Å². The maximum atomic E-state index is 12.0. The number of benzene rings is 2. The second-order valence-corrected chi connectivity index (χ2v) is 7.45. The van der Waals surface area contributed by atoms with Crippen LogP contribution in [0.25, 0.3) is 0 Å². The number of hydrogen-bond donors (Lipinski definition) is 2. The highest BCUT2D eigenvalue weighted by Crippen LogP contribution is 2.15. The van der Waals surface area contributed by atoms with Gasteiger partial charge in [-0.25, -0.2) is 13.1 Å². The zero-order valence-electron chi connectivity index (χ0n) is 11.2. The van der Waals surface area contributed by atoms with Crippen LogP contribution >= 0.6 is 27.5 Å². The lowest BCUT2D eigenvalue weighted by atomic mass is 10.3. The highest BCUT2D eigenvalue weighted by molar-refractivity contribution is 9.10. The fourth-order valence-electron chi connectivity index (χ4n) is 1.60. The van der Waals surface area contributed by atoms with Crippen molar-refractivity contribution in [3.63, 3.8) is 0 Å². The number of carbonyl (C=O) groups excluding carboxylic acids is 1. The van der Waals surface area contributed by atoms with Gasteiger partial charge < -0.3 is 5.32 Å². The Morgan fingerprint density at radius 2 is 1.64 bits per heavy atom. The third-order valence-electron chi connectivity index (χ3n) is 2.67. The molecule has 0 spiro atoms. The van der Waals surface area contributed by atoms with Crippen LogP contribution in [0, 0.1) is 0 Å². The van der Waals surface area contributed by atoms with E-state index in [1.165, 1.54) is 12.1 Å². The molecule has 1 amide bonds. The molecule has 0 bridgehead atoms. The first-order chi connectivity index (χ1) is 10.4. The summed E-state index contributed by atoms with van der Waals surface area (Å²) in [5.41, 5.74) is 0.539. The van der Waals surface area contributed by atoms with Gasteiger partial charge in [0.2, 0.25) is 15.9 Å². The monoisotopic (exact) mass is 402 g/mol. The van der Waals surface area contributed by atoms with Crippen LogP contribution in [0.5, 0.6) is 0 Å². The lowest BCUT2D eigenvalue weighted by molar-refractivity contribution is -0.115. The zero-order valence-corrected chi connectivity index (χ0v) is 14.4. The van der Waals surface area contributed by atoms with Crippen molar-refractivity contribution in [3.8, 4) is 0 Å². The van der Waals surface area contributed by atoms with E-state index in [0.717, 1.165) is 4.47 Å². The first-order valence-corrected chi connectivity index (χ1v) is 8.83. The zero-order chi connectivity index (χ0) is 16.2. The summed E-state index contributed by atoms with van der Waals surface area (Å²) in [7, 11) is -3.72. The van der Waals surface area contributed by atoms with Gasteiger partial charge in [-0.2, -0.15) is 0 Å². The summed E-state index contributed by atoms with van der Waals surface area (Å²) < 4.78 is 27.1. The molecule has 5 nitrogen and oxygen atoms in total. The number of hydrogen-bond acceptors (Lipinski definition) is 3. The number of anilines is 1. The van der Waals surface area contributed by atoms with Gasteiger partial charge in [0, 0.05) is 15.2 Å². The van der Waals surface area contributed by atoms with Crippen LogP contribution in [0.1, 0.15) is 0 Å². The molecule has 0 aliphatic rings. The largest absolute Gasteiger partial charge is 0.325 e. The minimum atomic E-state index is -3.72. The van der Waals surface area contributed by atoms with Gasteiger partial charge >= 0.3 is 0 Å². The van der Waals surface area contributed by atoms with Gasteiger partial charge in [-0.3, -0.25) is 4.79 Å². The SMILES string of the molecule is O=C(CNS(=O)(=O)c1ccc(Br)cc1)Nc1ccc(Cl)cc1. The molecule has 0 atom stereocenters. The number of nitrogens with one attached hydrogen (secondary N) is 2. The van der Waals surface area contributed by atoms with E-state index in [4.69, 9.17) is 11.6 Å². The molecule has 2 aromatic carbocycles. The molecule has 0 heterocycles. The van der Waals surface area contributed by atoms with Gasteiger partial charge in [0.25, 0.3) is 0 Å². The Morgan fingerprint density at radius 1 is 1.05 bits per heavy atom. The third-order valence-corrected chi connectivity index (χ3v) is 4.87. The Hall–Kier alpha value is -1.41. The molecule has 0 unspecified atom stereocenters. The topological polar surface area (TPSA) is 75.3 Å². The van der Waals surface area contributed by atoms with Crippen molar-refractivity contribution in [1.82, 2.24) is 4.72 Å². The Morgan fingerprint density at radius 3 is 2.23 bits per heavy atom. The van der Waals surface area contributed by atoms with E-state index < -0.39 is 15.9 Å². The van der Waals surface area contributed by atoms with Crippen LogP contribution in [0.2, 0.25) is 5.02 Å². The second kappa shape index (κ2) is 7.23. The molecule has 2 rings (SSSR count). The summed E-state index contributed by atoms with van der Waals surface area (Å²) in [4.78, 5) is 11.8. The highest BCUT2D eigenvalue weighted by Gasteiger charge is 2.15. The van der Waals surface area contributed by atoms with Gasteiger partial charge in [-0.1, -0.05) is 27.5 Å². The maximum Gasteiger partial charge on any atom is 0.241 e. The van der Waals surface area contributed by atoms with Gasteiger partial charge in [0.05, 0.1) is 11.4 Å². The minimum absolute atomic E-state index is 0.0926. The Balaban J connectivity index is 1.95. The summed E-state index contributed by atoms with van der Waals surface area (Å²) in [6, 6.07) is 12.6. The van der Waals surface area contributed by atoms with Crippen LogP contribution in [-0.2, 0) is 14.8 Å². The molecule has 22 heavy (non-hydrogen) atoms. The molecule has 0 fully saturated rings. The molecule has 8 heteroatoms. The lowest BCUT2D eigenvalue weighted by Crippen LogP contribution is -2.32. The van der Waals surface area contributed by atoms with E-state index in [9.17, 15) is 13.2 Å². The van der Waals surface area contributed by atoms with Crippen molar-refractivity contribution >= 4 is 49.1 Å². The molecular formula is C14H12BrClN2O3S. The van der Waals surface area contributed by atoms with Crippen LogP contribution in [0.15, 0.2) is 57.9 Å². The fraction of sp³-hybridized carbons (Fsp3) is 0.0714. The van der Waals surface area contributed by atoms with Gasteiger partial charge in [-0.05, 0) is 48.5 Å². The first kappa shape index (κ1) is 17.0. The second-order valence-electron chi connectivity index (χ2n) is 4.33. The number of amides is 1. The van der Waals surface area contributed by atoms with Crippen molar-refractivity contribution in [1.29, 1.82) is 0 Å². The van der Waals surface area contributed by atoms with E-state index in [-0.39, 0.29) is 11.4 Å². The molecule has 0 saturated heterocycles. The van der Waals surface area contributed by atoms with Crippen molar-refractivity contribution in [2.75, 3.05) is 11.9 Å². The fourth-order valence-corrected chi connectivity index (χ4v) is 2.97. The minimum Gasteiger partial charge on any atom is -0.325 e. The number of carbonyl (C=O) groups is 1. The van der Waals surface area contributed by atoms with E-state index in [0.29, 0.717) is 10.7 Å². The molecule has 0 aliphatic carbocycles. The molecule has 0 aliphatic heterocycles. The van der Waals surface area contributed by atoms with Gasteiger partial charge in [0.1, 0.15) is 0 Å². The van der Waals surface area contributed by atoms with Crippen molar-refractivity contribution in [2.45, 2.75) is 4.90 Å². The third kappa shape index (κ3) is 4.81. The molecule has 0 saturated carbocycles. The van der Waals surface area contributed by atoms with Crippen LogP contribution < -0.4 is 10.0 Å². The standard InChI is InChI=1S/C14H12BrClN2O3S/c15-10-1-7-13(8-2-10)22(20,21)17-9-14(19)18-12-5-3-11(16)4-6-12/h1-8,17H,9H2,(H,18,19). The number of rotatable bonds is 5. The lowest BCUT2D eigenvalue weighted by Gasteiger charge is -2.08. The quantitative estimate of drug-likeness (QED) is 0.806. The Bertz CT molecular complexity index is 762. The molecule has 116 valence electrons. The predicted molar refractivity (Wildman–Crippen MR) is 89.4 cm³/mol. The number of sulfonamides is 1. The van der Waals surface area contributed by atoms with Crippen LogP contribution in [0.3, 0.4) is 0 Å². The van der Waals surface area contributed by atoms with Gasteiger partial charge in [0.15, 0.2) is 0 Å². The van der Waals surface area contributed by atoms with E-state index in [2.05, 4.69) is 26.0 Å².